The van der Waals surface area contributed by atoms with E-state index in [4.69, 9.17) is 16.9 Å². The lowest BCUT2D eigenvalue weighted by Crippen LogP contribution is -1.68. The Labute approximate surface area is 72.4 Å². The summed E-state index contributed by atoms with van der Waals surface area (Å²) < 4.78 is 11.7. The molecule has 5 heteroatoms. The summed E-state index contributed by atoms with van der Waals surface area (Å²) in [6.45, 7) is 0. The summed E-state index contributed by atoms with van der Waals surface area (Å²) in [4.78, 5) is 2.66. The van der Waals surface area contributed by atoms with E-state index in [0.717, 1.165) is 11.8 Å². The zero-order valence-corrected chi connectivity index (χ0v) is 6.97. The number of hydrogen-bond donors (Lipinski definition) is 1. The average molecular weight is 191 g/mol. The summed E-state index contributed by atoms with van der Waals surface area (Å²) in [5, 5.41) is 9.29. The summed E-state index contributed by atoms with van der Waals surface area (Å²) in [7, 11) is 0. The fourth-order valence-corrected chi connectivity index (χ4v) is 1.37. The molecular formula is C6H4ClFN2S. The lowest BCUT2D eigenvalue weighted by atomic mass is 10.4. The predicted molar refractivity (Wildman–Crippen MR) is 42.3 cm³/mol. The summed E-state index contributed by atoms with van der Waals surface area (Å²) in [5.74, 6) is 0. The van der Waals surface area contributed by atoms with Gasteiger partial charge in [-0.1, -0.05) is 23.4 Å². The van der Waals surface area contributed by atoms with E-state index >= 15 is 0 Å². The minimum absolute atomic E-state index is 0.267. The molecule has 0 radical (unpaired) electrons. The molecule has 0 atom stereocenters. The number of alkyl halides is 1. The molecule has 1 heterocycles. The molecule has 0 aromatic carbocycles. The van der Waals surface area contributed by atoms with Crippen molar-refractivity contribution in [3.05, 3.63) is 16.8 Å². The Morgan fingerprint density at radius 2 is 2.55 bits per heavy atom. The van der Waals surface area contributed by atoms with E-state index in [-0.39, 0.29) is 5.15 Å². The maximum atomic E-state index is 11.7. The van der Waals surface area contributed by atoms with Crippen molar-refractivity contribution in [2.75, 3.05) is 6.01 Å². The third-order valence-electron chi connectivity index (χ3n) is 1.08. The molecule has 0 spiro atoms. The number of thioether (sulfide) groups is 1. The Hall–Kier alpha value is -0.660. The molecule has 0 aliphatic carbocycles. The molecule has 1 N–H and O–H groups in total. The van der Waals surface area contributed by atoms with Gasteiger partial charge in [0.15, 0.2) is 0 Å². The van der Waals surface area contributed by atoms with Crippen LogP contribution in [0.1, 0.15) is 5.56 Å². The van der Waals surface area contributed by atoms with E-state index in [1.807, 2.05) is 6.07 Å². The lowest BCUT2D eigenvalue weighted by molar-refractivity contribution is 0.605. The van der Waals surface area contributed by atoms with E-state index in [9.17, 15) is 4.39 Å². The first-order chi connectivity index (χ1) is 5.27. The Kier molecular flexibility index (Phi) is 2.80. The second kappa shape index (κ2) is 3.65. The Bertz CT molecular complexity index is 291. The van der Waals surface area contributed by atoms with Gasteiger partial charge in [0.05, 0.1) is 10.6 Å². The first-order valence-corrected chi connectivity index (χ1v) is 4.11. The highest BCUT2D eigenvalue weighted by Gasteiger charge is 2.04. The van der Waals surface area contributed by atoms with E-state index in [0.29, 0.717) is 10.6 Å². The van der Waals surface area contributed by atoms with Crippen LogP contribution in [0, 0.1) is 11.3 Å². The quantitative estimate of drug-likeness (QED) is 0.728. The van der Waals surface area contributed by atoms with Crippen LogP contribution in [0.5, 0.6) is 0 Å². The van der Waals surface area contributed by atoms with Crippen molar-refractivity contribution in [2.45, 2.75) is 5.03 Å². The second-order valence-corrected chi connectivity index (χ2v) is 3.05. The van der Waals surface area contributed by atoms with Crippen LogP contribution in [0.3, 0.4) is 0 Å². The monoisotopic (exact) mass is 190 g/mol. The lowest BCUT2D eigenvalue weighted by Gasteiger charge is -1.86. The van der Waals surface area contributed by atoms with Gasteiger partial charge in [-0.2, -0.15) is 5.26 Å². The van der Waals surface area contributed by atoms with Gasteiger partial charge in [0.25, 0.3) is 0 Å². The minimum atomic E-state index is -0.526. The number of hydrogen-bond acceptors (Lipinski definition) is 2. The Balaban J connectivity index is 2.89. The molecule has 1 aromatic heterocycles. The maximum Gasteiger partial charge on any atom is 0.141 e. The van der Waals surface area contributed by atoms with Crippen LogP contribution < -0.4 is 0 Å². The van der Waals surface area contributed by atoms with Crippen molar-refractivity contribution in [3.63, 3.8) is 0 Å². The van der Waals surface area contributed by atoms with Crippen molar-refractivity contribution in [1.82, 2.24) is 4.98 Å². The zero-order chi connectivity index (χ0) is 8.27. The predicted octanol–water partition coefficient (Wildman–Crippen LogP) is 2.56. The number of H-pyrrole nitrogens is 1. The van der Waals surface area contributed by atoms with Crippen molar-refractivity contribution >= 4 is 23.4 Å². The molecule has 11 heavy (non-hydrogen) atoms. The molecule has 0 unspecified atom stereocenters. The highest BCUT2D eigenvalue weighted by atomic mass is 35.5. The van der Waals surface area contributed by atoms with Crippen LogP contribution in [0.2, 0.25) is 5.15 Å². The molecule has 0 saturated heterocycles. The van der Waals surface area contributed by atoms with E-state index in [2.05, 4.69) is 4.98 Å². The number of halogens is 2. The highest BCUT2D eigenvalue weighted by Crippen LogP contribution is 2.23. The topological polar surface area (TPSA) is 39.6 Å². The fraction of sp³-hybridized carbons (Fsp3) is 0.167. The molecule has 0 fully saturated rings. The van der Waals surface area contributed by atoms with Crippen LogP contribution in [-0.2, 0) is 0 Å². The molecule has 1 rings (SSSR count). The minimum Gasteiger partial charge on any atom is -0.340 e. The number of aromatic amines is 1. The van der Waals surface area contributed by atoms with E-state index in [1.165, 1.54) is 6.07 Å². The Morgan fingerprint density at radius 3 is 3.00 bits per heavy atom. The molecule has 0 amide bonds. The van der Waals surface area contributed by atoms with Gasteiger partial charge in [0, 0.05) is 0 Å². The average Bonchev–Trinajstić information content (AvgIpc) is 2.32. The number of rotatable bonds is 2. The van der Waals surface area contributed by atoms with Crippen molar-refractivity contribution in [3.8, 4) is 6.07 Å². The molecule has 2 nitrogen and oxygen atoms in total. The molecule has 0 aliphatic rings. The highest BCUT2D eigenvalue weighted by molar-refractivity contribution is 7.99. The largest absolute Gasteiger partial charge is 0.340 e. The first kappa shape index (κ1) is 8.44. The number of nitrogens with one attached hydrogen (secondary N) is 1. The van der Waals surface area contributed by atoms with Gasteiger partial charge in [-0.3, -0.25) is 0 Å². The van der Waals surface area contributed by atoms with E-state index < -0.39 is 6.01 Å². The van der Waals surface area contributed by atoms with Crippen LogP contribution in [0.15, 0.2) is 11.1 Å². The van der Waals surface area contributed by atoms with Crippen molar-refractivity contribution in [2.24, 2.45) is 0 Å². The van der Waals surface area contributed by atoms with Gasteiger partial charge < -0.3 is 4.98 Å². The summed E-state index contributed by atoms with van der Waals surface area (Å²) in [6.07, 6.45) is 0. The third-order valence-corrected chi connectivity index (χ3v) is 2.01. The second-order valence-electron chi connectivity index (χ2n) is 1.73. The summed E-state index contributed by atoms with van der Waals surface area (Å²) in [5.41, 5.74) is 0.350. The maximum absolute atomic E-state index is 11.7. The summed E-state index contributed by atoms with van der Waals surface area (Å²) in [6, 6.07) is 2.87. The smallest absolute Gasteiger partial charge is 0.141 e. The van der Waals surface area contributed by atoms with Crippen molar-refractivity contribution < 1.29 is 4.39 Å². The standard InChI is InChI=1S/C6H4ClFN2S/c7-6-4(2-9)1-5(10-6)11-3-8/h1,10H,3H2. The molecule has 0 aliphatic heterocycles. The van der Waals surface area contributed by atoms with Crippen LogP contribution in [0.25, 0.3) is 0 Å². The van der Waals surface area contributed by atoms with Gasteiger partial charge in [-0.25, -0.2) is 4.39 Å². The van der Waals surface area contributed by atoms with Gasteiger partial charge in [-0.15, -0.1) is 0 Å². The molecular weight excluding hydrogens is 187 g/mol. The third kappa shape index (κ3) is 1.88. The van der Waals surface area contributed by atoms with Gasteiger partial charge >= 0.3 is 0 Å². The van der Waals surface area contributed by atoms with Gasteiger partial charge in [-0.05, 0) is 6.07 Å². The molecule has 0 bridgehead atoms. The van der Waals surface area contributed by atoms with Gasteiger partial charge in [0.2, 0.25) is 0 Å². The number of nitriles is 1. The Morgan fingerprint density at radius 1 is 1.82 bits per heavy atom. The number of aromatic nitrogens is 1. The van der Waals surface area contributed by atoms with Crippen LogP contribution in [-0.4, -0.2) is 11.0 Å². The number of nitrogens with zero attached hydrogens (tertiary/aromatic N) is 1. The van der Waals surface area contributed by atoms with E-state index in [1.54, 1.807) is 0 Å². The molecule has 58 valence electrons. The zero-order valence-electron chi connectivity index (χ0n) is 5.40. The fourth-order valence-electron chi connectivity index (χ4n) is 0.624. The molecule has 1 aromatic rings. The van der Waals surface area contributed by atoms with Crippen LogP contribution in [0.4, 0.5) is 4.39 Å². The van der Waals surface area contributed by atoms with Gasteiger partial charge in [0.1, 0.15) is 17.2 Å². The summed E-state index contributed by atoms with van der Waals surface area (Å²) >= 11 is 6.53. The normalized spacial score (nSPS) is 9.55. The van der Waals surface area contributed by atoms with Crippen molar-refractivity contribution in [1.29, 1.82) is 5.26 Å². The molecule has 0 saturated carbocycles. The van der Waals surface area contributed by atoms with Crippen LogP contribution >= 0.6 is 23.4 Å². The SMILES string of the molecule is N#Cc1cc(SCF)[nH]c1Cl. The first-order valence-electron chi connectivity index (χ1n) is 2.75.